The molecule has 0 aliphatic carbocycles. The molecule has 0 fully saturated rings. The predicted octanol–water partition coefficient (Wildman–Crippen LogP) is 4.57. The highest BCUT2D eigenvalue weighted by Gasteiger charge is 2.03. The van der Waals surface area contributed by atoms with Crippen molar-refractivity contribution in [3.05, 3.63) is 47.5 Å². The van der Waals surface area contributed by atoms with E-state index in [4.69, 9.17) is 16.3 Å². The fourth-order valence-electron chi connectivity index (χ4n) is 1.11. The highest BCUT2D eigenvalue weighted by molar-refractivity contribution is 9.15. The van der Waals surface area contributed by atoms with E-state index in [0.717, 1.165) is 20.8 Å². The molecule has 0 saturated carbocycles. The molecule has 80 valence electrons. The third-order valence-electron chi connectivity index (χ3n) is 1.91. The third-order valence-corrected chi connectivity index (χ3v) is 3.41. The molecule has 0 aliphatic heterocycles. The number of benzene rings is 1. The molecule has 0 amide bonds. The maximum absolute atomic E-state index is 6.07. The predicted molar refractivity (Wildman–Crippen MR) is 69.5 cm³/mol. The number of ether oxygens (including phenoxy) is 1. The lowest BCUT2D eigenvalue weighted by atomic mass is 10.2. The minimum atomic E-state index is 0.661. The largest absolute Gasteiger partial charge is 0.497 e. The van der Waals surface area contributed by atoms with Gasteiger partial charge in [-0.3, -0.25) is 0 Å². The Balaban J connectivity index is 2.95. The van der Waals surface area contributed by atoms with E-state index >= 15 is 0 Å². The molecule has 1 nitrogen and oxygen atoms in total. The molecule has 0 N–H and O–H groups in total. The van der Waals surface area contributed by atoms with Crippen LogP contribution in [0.25, 0.3) is 4.48 Å². The second kappa shape index (κ2) is 5.99. The van der Waals surface area contributed by atoms with Crippen molar-refractivity contribution in [1.29, 1.82) is 0 Å². The van der Waals surface area contributed by atoms with E-state index in [1.54, 1.807) is 13.2 Å². The summed E-state index contributed by atoms with van der Waals surface area (Å²) in [5.74, 6) is 0.832. The first-order valence-electron chi connectivity index (χ1n) is 4.48. The van der Waals surface area contributed by atoms with Crippen LogP contribution in [0, 0.1) is 0 Å². The molecule has 1 aromatic carbocycles. The Morgan fingerprint density at radius 3 is 2.53 bits per heavy atom. The van der Waals surface area contributed by atoms with Gasteiger partial charge in [0.05, 0.1) is 7.11 Å². The van der Waals surface area contributed by atoms with Gasteiger partial charge in [-0.2, -0.15) is 0 Å². The van der Waals surface area contributed by atoms with Crippen molar-refractivity contribution in [2.45, 2.75) is 6.42 Å². The fraction of sp³-hybridized carbons (Fsp3) is 0.167. The number of allylic oxidation sites excluding steroid dienone is 2. The molecule has 0 unspecified atom stereocenters. The molecular weight excluding hydrogens is 275 g/mol. The number of hydrogen-bond donors (Lipinski definition) is 0. The number of methoxy groups -OCH3 is 1. The van der Waals surface area contributed by atoms with Gasteiger partial charge in [-0.1, -0.05) is 29.8 Å². The van der Waals surface area contributed by atoms with Gasteiger partial charge < -0.3 is 4.74 Å². The van der Waals surface area contributed by atoms with Crippen LogP contribution in [0.4, 0.5) is 0 Å². The lowest BCUT2D eigenvalue weighted by Crippen LogP contribution is -1.84. The van der Waals surface area contributed by atoms with Crippen molar-refractivity contribution in [2.75, 3.05) is 7.11 Å². The summed E-state index contributed by atoms with van der Waals surface area (Å²) in [6.07, 6.45) is 2.43. The molecule has 1 aromatic rings. The number of rotatable bonds is 4. The van der Waals surface area contributed by atoms with Gasteiger partial charge in [0.15, 0.2) is 0 Å². The van der Waals surface area contributed by atoms with Gasteiger partial charge in [0, 0.05) is 15.9 Å². The first-order chi connectivity index (χ1) is 7.19. The van der Waals surface area contributed by atoms with E-state index < -0.39 is 0 Å². The summed E-state index contributed by atoms with van der Waals surface area (Å²) in [6.45, 7) is 3.64. The molecule has 0 aliphatic rings. The average molecular weight is 288 g/mol. The lowest BCUT2D eigenvalue weighted by molar-refractivity contribution is 0.415. The highest BCUT2D eigenvalue weighted by Crippen LogP contribution is 2.30. The van der Waals surface area contributed by atoms with Gasteiger partial charge in [0.1, 0.15) is 5.75 Å². The Kier molecular flexibility index (Phi) is 4.92. The van der Waals surface area contributed by atoms with Crippen LogP contribution < -0.4 is 4.74 Å². The van der Waals surface area contributed by atoms with Crippen molar-refractivity contribution in [1.82, 2.24) is 0 Å². The van der Waals surface area contributed by atoms with E-state index in [0.29, 0.717) is 6.42 Å². The Morgan fingerprint density at radius 1 is 1.47 bits per heavy atom. The zero-order valence-electron chi connectivity index (χ0n) is 8.47. The van der Waals surface area contributed by atoms with Gasteiger partial charge >= 0.3 is 0 Å². The van der Waals surface area contributed by atoms with Crippen LogP contribution in [0.15, 0.2) is 42.0 Å². The van der Waals surface area contributed by atoms with E-state index in [9.17, 15) is 0 Å². The second-order valence-electron chi connectivity index (χ2n) is 2.94. The molecule has 0 radical (unpaired) electrons. The standard InChI is InChI=1S/C12H12BrClO/c1-3-4-11(14)12(13)9-5-7-10(15-2)8-6-9/h3,5-8H,1,4H2,2H3/b12-11-. The minimum absolute atomic E-state index is 0.661. The molecule has 0 atom stereocenters. The van der Waals surface area contributed by atoms with Crippen LogP contribution in [0.1, 0.15) is 12.0 Å². The van der Waals surface area contributed by atoms with Crippen LogP contribution in [0.2, 0.25) is 0 Å². The SMILES string of the molecule is C=CC/C(Cl)=C(/Br)c1ccc(OC)cc1. The fourth-order valence-corrected chi connectivity index (χ4v) is 1.75. The van der Waals surface area contributed by atoms with Crippen molar-refractivity contribution < 1.29 is 4.74 Å². The summed E-state index contributed by atoms with van der Waals surface area (Å²) < 4.78 is 5.97. The second-order valence-corrected chi connectivity index (χ2v) is 4.19. The van der Waals surface area contributed by atoms with Gasteiger partial charge in [-0.05, 0) is 33.6 Å². The van der Waals surface area contributed by atoms with Crippen molar-refractivity contribution in [3.8, 4) is 5.75 Å². The lowest BCUT2D eigenvalue weighted by Gasteiger charge is -2.04. The molecular formula is C12H12BrClO. The Morgan fingerprint density at radius 2 is 2.07 bits per heavy atom. The van der Waals surface area contributed by atoms with Crippen molar-refractivity contribution in [2.24, 2.45) is 0 Å². The van der Waals surface area contributed by atoms with Crippen LogP contribution in [-0.4, -0.2) is 7.11 Å². The Labute approximate surface area is 104 Å². The zero-order chi connectivity index (χ0) is 11.3. The van der Waals surface area contributed by atoms with Crippen LogP contribution in [0.3, 0.4) is 0 Å². The van der Waals surface area contributed by atoms with Gasteiger partial charge in [-0.15, -0.1) is 6.58 Å². The van der Waals surface area contributed by atoms with Crippen LogP contribution in [-0.2, 0) is 0 Å². The molecule has 0 heterocycles. The van der Waals surface area contributed by atoms with Gasteiger partial charge in [0.25, 0.3) is 0 Å². The molecule has 1 rings (SSSR count). The highest BCUT2D eigenvalue weighted by atomic mass is 79.9. The summed E-state index contributed by atoms with van der Waals surface area (Å²) in [6, 6.07) is 7.70. The summed E-state index contributed by atoms with van der Waals surface area (Å²) in [5, 5.41) is 0.746. The zero-order valence-corrected chi connectivity index (χ0v) is 10.8. The van der Waals surface area contributed by atoms with Crippen molar-refractivity contribution in [3.63, 3.8) is 0 Å². The van der Waals surface area contributed by atoms with Gasteiger partial charge in [-0.25, -0.2) is 0 Å². The maximum atomic E-state index is 6.07. The van der Waals surface area contributed by atoms with Crippen LogP contribution in [0.5, 0.6) is 5.75 Å². The van der Waals surface area contributed by atoms with Gasteiger partial charge in [0.2, 0.25) is 0 Å². The molecule has 3 heteroatoms. The molecule has 0 aromatic heterocycles. The summed E-state index contributed by atoms with van der Waals surface area (Å²) >= 11 is 9.53. The minimum Gasteiger partial charge on any atom is -0.497 e. The monoisotopic (exact) mass is 286 g/mol. The summed E-state index contributed by atoms with van der Waals surface area (Å²) in [4.78, 5) is 0. The topological polar surface area (TPSA) is 9.23 Å². The molecule has 0 spiro atoms. The quantitative estimate of drug-likeness (QED) is 0.737. The Hall–Kier alpha value is -0.730. The normalized spacial score (nSPS) is 11.9. The van der Waals surface area contributed by atoms with Crippen molar-refractivity contribution >= 4 is 32.0 Å². The average Bonchev–Trinajstić information content (AvgIpc) is 2.28. The number of hydrogen-bond acceptors (Lipinski definition) is 1. The van der Waals surface area contributed by atoms with E-state index in [-0.39, 0.29) is 0 Å². The first-order valence-corrected chi connectivity index (χ1v) is 5.65. The molecule has 0 saturated heterocycles. The smallest absolute Gasteiger partial charge is 0.118 e. The third kappa shape index (κ3) is 3.40. The van der Waals surface area contributed by atoms with E-state index in [2.05, 4.69) is 22.5 Å². The van der Waals surface area contributed by atoms with E-state index in [1.807, 2.05) is 24.3 Å². The first kappa shape index (κ1) is 12.3. The number of halogens is 2. The maximum Gasteiger partial charge on any atom is 0.118 e. The molecule has 15 heavy (non-hydrogen) atoms. The Bertz CT molecular complexity index is 368. The summed E-state index contributed by atoms with van der Waals surface area (Å²) in [7, 11) is 1.64. The molecule has 0 bridgehead atoms. The summed E-state index contributed by atoms with van der Waals surface area (Å²) in [5.41, 5.74) is 1.03. The van der Waals surface area contributed by atoms with E-state index in [1.165, 1.54) is 0 Å². The van der Waals surface area contributed by atoms with Crippen LogP contribution >= 0.6 is 27.5 Å².